The maximum atomic E-state index is 11.2. The second-order valence-corrected chi connectivity index (χ2v) is 6.12. The van der Waals surface area contributed by atoms with Gasteiger partial charge in [-0.2, -0.15) is 0 Å². The summed E-state index contributed by atoms with van der Waals surface area (Å²) in [5.74, 6) is 1.06. The summed E-state index contributed by atoms with van der Waals surface area (Å²) >= 11 is 0. The number of carbonyl (C=O) groups is 1. The lowest BCUT2D eigenvalue weighted by Crippen LogP contribution is -2.31. The van der Waals surface area contributed by atoms with Gasteiger partial charge in [-0.15, -0.1) is 0 Å². The number of hydrogen-bond acceptors (Lipinski definition) is 3. The van der Waals surface area contributed by atoms with Crippen molar-refractivity contribution in [3.05, 3.63) is 24.0 Å². The highest BCUT2D eigenvalue weighted by molar-refractivity contribution is 5.91. The summed E-state index contributed by atoms with van der Waals surface area (Å²) in [5.41, 5.74) is 2.87. The van der Waals surface area contributed by atoms with Crippen LogP contribution in [-0.2, 0) is 18.3 Å². The van der Waals surface area contributed by atoms with E-state index in [0.717, 1.165) is 35.5 Å². The van der Waals surface area contributed by atoms with Gasteiger partial charge in [-0.25, -0.2) is 4.98 Å². The van der Waals surface area contributed by atoms with E-state index < -0.39 is 0 Å². The Hall–Kier alpha value is -1.88. The zero-order valence-electron chi connectivity index (χ0n) is 13.4. The van der Waals surface area contributed by atoms with E-state index >= 15 is 0 Å². The lowest BCUT2D eigenvalue weighted by molar-refractivity contribution is -0.114. The summed E-state index contributed by atoms with van der Waals surface area (Å²) in [6.07, 6.45) is 4.99. The lowest BCUT2D eigenvalue weighted by atomic mass is 10.1. The monoisotopic (exact) mass is 300 g/mol. The number of aryl methyl sites for hydroxylation is 1. The van der Waals surface area contributed by atoms with E-state index in [4.69, 9.17) is 4.98 Å². The van der Waals surface area contributed by atoms with Crippen LogP contribution in [0.2, 0.25) is 0 Å². The van der Waals surface area contributed by atoms with Crippen LogP contribution in [0.3, 0.4) is 0 Å². The Morgan fingerprint density at radius 1 is 1.27 bits per heavy atom. The molecule has 0 radical (unpaired) electrons. The van der Waals surface area contributed by atoms with E-state index in [1.165, 1.54) is 39.3 Å². The van der Waals surface area contributed by atoms with Crippen LogP contribution in [0, 0.1) is 0 Å². The molecule has 22 heavy (non-hydrogen) atoms. The van der Waals surface area contributed by atoms with Crippen molar-refractivity contribution in [1.82, 2.24) is 14.5 Å². The highest BCUT2D eigenvalue weighted by Crippen LogP contribution is 2.20. The second-order valence-electron chi connectivity index (χ2n) is 6.12. The molecule has 0 saturated carbocycles. The maximum Gasteiger partial charge on any atom is 0.221 e. The number of amides is 1. The number of benzene rings is 1. The third-order valence-corrected chi connectivity index (χ3v) is 4.39. The Balaban J connectivity index is 1.75. The zero-order chi connectivity index (χ0) is 15.5. The number of nitrogens with zero attached hydrogens (tertiary/aromatic N) is 3. The van der Waals surface area contributed by atoms with Gasteiger partial charge in [0.25, 0.3) is 0 Å². The average molecular weight is 300 g/mol. The minimum atomic E-state index is -0.0550. The van der Waals surface area contributed by atoms with Gasteiger partial charge in [0, 0.05) is 32.6 Å². The van der Waals surface area contributed by atoms with Crippen molar-refractivity contribution in [3.63, 3.8) is 0 Å². The average Bonchev–Trinajstić information content (AvgIpc) is 2.81. The smallest absolute Gasteiger partial charge is 0.221 e. The molecule has 0 spiro atoms. The Bertz CT molecular complexity index is 671. The number of piperidine rings is 1. The van der Waals surface area contributed by atoms with Gasteiger partial charge in [0.2, 0.25) is 5.91 Å². The van der Waals surface area contributed by atoms with Crippen molar-refractivity contribution in [2.24, 2.45) is 7.05 Å². The quantitative estimate of drug-likeness (QED) is 0.944. The predicted molar refractivity (Wildman–Crippen MR) is 89.0 cm³/mol. The summed E-state index contributed by atoms with van der Waals surface area (Å²) in [7, 11) is 2.07. The van der Waals surface area contributed by atoms with Crippen LogP contribution in [0.25, 0.3) is 11.0 Å². The van der Waals surface area contributed by atoms with Crippen LogP contribution in [0.1, 0.15) is 32.0 Å². The molecular formula is C17H24N4O. The van der Waals surface area contributed by atoms with Crippen LogP contribution < -0.4 is 5.32 Å². The first-order valence-electron chi connectivity index (χ1n) is 8.09. The fraction of sp³-hybridized carbons (Fsp3) is 0.529. The number of rotatable bonds is 4. The van der Waals surface area contributed by atoms with Crippen molar-refractivity contribution in [1.29, 1.82) is 0 Å². The topological polar surface area (TPSA) is 50.2 Å². The summed E-state index contributed by atoms with van der Waals surface area (Å²) in [6.45, 7) is 5.04. The molecule has 2 heterocycles. The van der Waals surface area contributed by atoms with E-state index in [1.807, 2.05) is 18.2 Å². The standard InChI is InChI=1S/C17H24N4O/c1-13(22)18-14-6-7-16-15(12-14)19-17(20(16)2)8-11-21-9-4-3-5-10-21/h6-7,12H,3-5,8-11H2,1-2H3,(H,18,22). The first-order valence-corrected chi connectivity index (χ1v) is 8.09. The van der Waals surface area contributed by atoms with Crippen LogP contribution in [0.5, 0.6) is 0 Å². The number of hydrogen-bond donors (Lipinski definition) is 1. The van der Waals surface area contributed by atoms with Gasteiger partial charge in [0.1, 0.15) is 5.82 Å². The van der Waals surface area contributed by atoms with E-state index in [-0.39, 0.29) is 5.91 Å². The molecule has 1 saturated heterocycles. The van der Waals surface area contributed by atoms with Crippen LogP contribution in [-0.4, -0.2) is 40.0 Å². The molecule has 5 heteroatoms. The Morgan fingerprint density at radius 2 is 2.05 bits per heavy atom. The largest absolute Gasteiger partial charge is 0.331 e. The third kappa shape index (κ3) is 3.30. The van der Waals surface area contributed by atoms with Crippen molar-refractivity contribution in [2.75, 3.05) is 25.0 Å². The van der Waals surface area contributed by atoms with Crippen molar-refractivity contribution in [3.8, 4) is 0 Å². The molecule has 1 aromatic heterocycles. The number of nitrogens with one attached hydrogen (secondary N) is 1. The molecule has 1 N–H and O–H groups in total. The first-order chi connectivity index (χ1) is 10.6. The number of fused-ring (bicyclic) bond motifs is 1. The Kier molecular flexibility index (Phi) is 4.43. The van der Waals surface area contributed by atoms with E-state index in [1.54, 1.807) is 0 Å². The Labute approximate surface area is 131 Å². The number of imidazole rings is 1. The fourth-order valence-corrected chi connectivity index (χ4v) is 3.20. The normalized spacial score (nSPS) is 16.1. The minimum absolute atomic E-state index is 0.0550. The summed E-state index contributed by atoms with van der Waals surface area (Å²) in [5, 5.41) is 2.81. The molecule has 5 nitrogen and oxygen atoms in total. The Morgan fingerprint density at radius 3 is 2.77 bits per heavy atom. The SMILES string of the molecule is CC(=O)Nc1ccc2c(c1)nc(CCN1CCCCC1)n2C. The predicted octanol–water partition coefficient (Wildman–Crippen LogP) is 2.56. The summed E-state index contributed by atoms with van der Waals surface area (Å²) in [4.78, 5) is 18.4. The van der Waals surface area contributed by atoms with Gasteiger partial charge in [0.15, 0.2) is 0 Å². The molecule has 2 aromatic rings. The molecule has 0 unspecified atom stereocenters. The van der Waals surface area contributed by atoms with Gasteiger partial charge in [0.05, 0.1) is 11.0 Å². The van der Waals surface area contributed by atoms with Crippen LogP contribution in [0.4, 0.5) is 5.69 Å². The highest BCUT2D eigenvalue weighted by Gasteiger charge is 2.13. The van der Waals surface area contributed by atoms with Crippen LogP contribution in [0.15, 0.2) is 18.2 Å². The molecule has 1 fully saturated rings. The number of aromatic nitrogens is 2. The highest BCUT2D eigenvalue weighted by atomic mass is 16.1. The number of likely N-dealkylation sites (tertiary alicyclic amines) is 1. The fourth-order valence-electron chi connectivity index (χ4n) is 3.20. The van der Waals surface area contributed by atoms with E-state index in [0.29, 0.717) is 0 Å². The number of carbonyl (C=O) groups excluding carboxylic acids is 1. The van der Waals surface area contributed by atoms with Gasteiger partial charge >= 0.3 is 0 Å². The first kappa shape index (κ1) is 15.0. The zero-order valence-corrected chi connectivity index (χ0v) is 13.4. The molecule has 3 rings (SSSR count). The summed E-state index contributed by atoms with van der Waals surface area (Å²) in [6, 6.07) is 5.90. The lowest BCUT2D eigenvalue weighted by Gasteiger charge is -2.26. The van der Waals surface area contributed by atoms with Gasteiger partial charge in [-0.05, 0) is 44.1 Å². The van der Waals surface area contributed by atoms with Gasteiger partial charge < -0.3 is 14.8 Å². The van der Waals surface area contributed by atoms with Crippen molar-refractivity contribution >= 4 is 22.6 Å². The molecule has 118 valence electrons. The second kappa shape index (κ2) is 6.48. The molecular weight excluding hydrogens is 276 g/mol. The molecule has 1 aromatic carbocycles. The van der Waals surface area contributed by atoms with Gasteiger partial charge in [-0.1, -0.05) is 6.42 Å². The minimum Gasteiger partial charge on any atom is -0.331 e. The van der Waals surface area contributed by atoms with Crippen molar-refractivity contribution in [2.45, 2.75) is 32.6 Å². The maximum absolute atomic E-state index is 11.2. The molecule has 1 aliphatic rings. The molecule has 1 amide bonds. The molecule has 0 bridgehead atoms. The van der Waals surface area contributed by atoms with Crippen LogP contribution >= 0.6 is 0 Å². The third-order valence-electron chi connectivity index (χ3n) is 4.39. The number of anilines is 1. The van der Waals surface area contributed by atoms with Crippen molar-refractivity contribution < 1.29 is 4.79 Å². The summed E-state index contributed by atoms with van der Waals surface area (Å²) < 4.78 is 2.16. The van der Waals surface area contributed by atoms with E-state index in [2.05, 4.69) is 21.8 Å². The molecule has 0 atom stereocenters. The van der Waals surface area contributed by atoms with Gasteiger partial charge in [-0.3, -0.25) is 4.79 Å². The molecule has 0 aliphatic carbocycles. The molecule has 1 aliphatic heterocycles. The van der Waals surface area contributed by atoms with E-state index in [9.17, 15) is 4.79 Å².